The summed E-state index contributed by atoms with van der Waals surface area (Å²) in [7, 11) is 0. The first kappa shape index (κ1) is 33.6. The molecular formula is C30H56O5. The van der Waals surface area contributed by atoms with Crippen molar-refractivity contribution in [3.8, 4) is 0 Å². The summed E-state index contributed by atoms with van der Waals surface area (Å²) in [4.78, 5) is 35.7. The van der Waals surface area contributed by atoms with Gasteiger partial charge in [0.25, 0.3) is 0 Å². The molecule has 0 aromatic heterocycles. The first-order valence-electron chi connectivity index (χ1n) is 14.9. The van der Waals surface area contributed by atoms with Crippen LogP contribution in [-0.4, -0.2) is 30.4 Å². The predicted octanol–water partition coefficient (Wildman–Crippen LogP) is 8.65. The zero-order valence-corrected chi connectivity index (χ0v) is 23.3. The summed E-state index contributed by atoms with van der Waals surface area (Å²) >= 11 is 0. The largest absolute Gasteiger partial charge is 0.458 e. The fourth-order valence-electron chi connectivity index (χ4n) is 4.36. The van der Waals surface area contributed by atoms with Gasteiger partial charge in [-0.25, -0.2) is 0 Å². The molecule has 0 N–H and O–H groups in total. The molecule has 0 saturated heterocycles. The van der Waals surface area contributed by atoms with Crippen molar-refractivity contribution < 1.29 is 23.9 Å². The maximum atomic E-state index is 12.6. The number of carbonyl (C=O) groups is 3. The summed E-state index contributed by atoms with van der Waals surface area (Å²) in [6, 6.07) is 0. The number of carbonyl (C=O) groups excluding carboxylic acids is 3. The molecular weight excluding hydrogens is 440 g/mol. The molecule has 35 heavy (non-hydrogen) atoms. The molecule has 0 amide bonds. The molecule has 0 aromatic carbocycles. The van der Waals surface area contributed by atoms with Crippen molar-refractivity contribution in [2.75, 3.05) is 0 Å². The molecule has 5 heteroatoms. The Kier molecular flexibility index (Phi) is 24.7. The van der Waals surface area contributed by atoms with Crippen molar-refractivity contribution in [3.63, 3.8) is 0 Å². The standard InChI is InChI=1S/C30H56O5/c1-4-7-10-11-14-19-22-27(34-29(32)24-17-8-5-2)28(35-30(33)25-18-9-6-3)23-20-15-12-13-16-21-26-31/h26-28H,4-25H2,1-3H3. The second kappa shape index (κ2) is 25.7. The number of esters is 2. The summed E-state index contributed by atoms with van der Waals surface area (Å²) in [5.41, 5.74) is 0. The average molecular weight is 497 g/mol. The Hall–Kier alpha value is -1.39. The number of unbranched alkanes of at least 4 members (excludes halogenated alkanes) is 14. The number of hydrogen-bond acceptors (Lipinski definition) is 5. The van der Waals surface area contributed by atoms with Crippen LogP contribution in [0, 0.1) is 0 Å². The molecule has 2 unspecified atom stereocenters. The second-order valence-electron chi connectivity index (χ2n) is 10.0. The van der Waals surface area contributed by atoms with Gasteiger partial charge in [0.2, 0.25) is 0 Å². The lowest BCUT2D eigenvalue weighted by Gasteiger charge is -2.27. The Bertz CT molecular complexity index is 505. The minimum Gasteiger partial charge on any atom is -0.458 e. The summed E-state index contributed by atoms with van der Waals surface area (Å²) in [5.74, 6) is -0.320. The lowest BCUT2D eigenvalue weighted by Crippen LogP contribution is -2.35. The van der Waals surface area contributed by atoms with Crippen molar-refractivity contribution >= 4 is 18.2 Å². The summed E-state index contributed by atoms with van der Waals surface area (Å²) in [6.45, 7) is 6.47. The van der Waals surface area contributed by atoms with Gasteiger partial charge in [-0.2, -0.15) is 0 Å². The van der Waals surface area contributed by atoms with E-state index >= 15 is 0 Å². The van der Waals surface area contributed by atoms with Crippen LogP contribution >= 0.6 is 0 Å². The molecule has 206 valence electrons. The SMILES string of the molecule is CCCCCCCCC(OC(=O)CCCCC)C(CCCCCCCC=O)OC(=O)CCCCC. The molecule has 0 aromatic rings. The van der Waals surface area contributed by atoms with Crippen LogP contribution in [0.5, 0.6) is 0 Å². The molecule has 5 nitrogen and oxygen atoms in total. The third-order valence-electron chi connectivity index (χ3n) is 6.60. The Labute approximate surface area is 216 Å². The van der Waals surface area contributed by atoms with Gasteiger partial charge in [0.05, 0.1) is 0 Å². The van der Waals surface area contributed by atoms with Gasteiger partial charge in [-0.15, -0.1) is 0 Å². The van der Waals surface area contributed by atoms with E-state index in [1.165, 1.54) is 25.7 Å². The van der Waals surface area contributed by atoms with Gasteiger partial charge >= 0.3 is 11.9 Å². The van der Waals surface area contributed by atoms with E-state index in [0.717, 1.165) is 103 Å². The molecule has 0 rings (SSSR count). The van der Waals surface area contributed by atoms with E-state index in [-0.39, 0.29) is 24.1 Å². The highest BCUT2D eigenvalue weighted by Crippen LogP contribution is 2.22. The van der Waals surface area contributed by atoms with Crippen LogP contribution < -0.4 is 0 Å². The minimum atomic E-state index is -0.357. The number of aldehydes is 1. The van der Waals surface area contributed by atoms with Gasteiger partial charge in [0.1, 0.15) is 18.5 Å². The highest BCUT2D eigenvalue weighted by molar-refractivity contribution is 5.70. The van der Waals surface area contributed by atoms with Crippen molar-refractivity contribution in [1.29, 1.82) is 0 Å². The first-order valence-corrected chi connectivity index (χ1v) is 14.9. The topological polar surface area (TPSA) is 69.7 Å². The van der Waals surface area contributed by atoms with Gasteiger partial charge < -0.3 is 14.3 Å². The van der Waals surface area contributed by atoms with Crippen LogP contribution in [0.1, 0.15) is 162 Å². The van der Waals surface area contributed by atoms with Crippen LogP contribution in [-0.2, 0) is 23.9 Å². The van der Waals surface area contributed by atoms with E-state index in [1.807, 2.05) is 0 Å². The maximum absolute atomic E-state index is 12.6. The van der Waals surface area contributed by atoms with Crippen LogP contribution in [0.3, 0.4) is 0 Å². The van der Waals surface area contributed by atoms with Gasteiger partial charge in [0, 0.05) is 19.3 Å². The number of hydrogen-bond donors (Lipinski definition) is 0. The lowest BCUT2D eigenvalue weighted by molar-refractivity contribution is -0.169. The second-order valence-corrected chi connectivity index (χ2v) is 10.0. The minimum absolute atomic E-state index is 0.157. The molecule has 2 atom stereocenters. The van der Waals surface area contributed by atoms with Gasteiger partial charge in [-0.3, -0.25) is 9.59 Å². The molecule has 0 saturated carbocycles. The first-order chi connectivity index (χ1) is 17.1. The molecule has 0 aliphatic heterocycles. The zero-order chi connectivity index (χ0) is 26.0. The average Bonchev–Trinajstić information content (AvgIpc) is 2.84. The Morgan fingerprint density at radius 1 is 0.543 bits per heavy atom. The van der Waals surface area contributed by atoms with Gasteiger partial charge in [-0.1, -0.05) is 97.8 Å². The number of ether oxygens (including phenoxy) is 2. The molecule has 0 radical (unpaired) electrons. The molecule has 0 aliphatic carbocycles. The fraction of sp³-hybridized carbons (Fsp3) is 0.900. The van der Waals surface area contributed by atoms with Crippen molar-refractivity contribution in [2.45, 2.75) is 174 Å². The summed E-state index contributed by atoms with van der Waals surface area (Å²) in [6.07, 6.45) is 21.2. The molecule has 0 heterocycles. The third kappa shape index (κ3) is 21.6. The van der Waals surface area contributed by atoms with E-state index < -0.39 is 0 Å². The van der Waals surface area contributed by atoms with Crippen molar-refractivity contribution in [2.24, 2.45) is 0 Å². The van der Waals surface area contributed by atoms with E-state index in [9.17, 15) is 14.4 Å². The maximum Gasteiger partial charge on any atom is 0.306 e. The van der Waals surface area contributed by atoms with Crippen molar-refractivity contribution in [1.82, 2.24) is 0 Å². The Morgan fingerprint density at radius 3 is 1.34 bits per heavy atom. The van der Waals surface area contributed by atoms with Crippen molar-refractivity contribution in [3.05, 3.63) is 0 Å². The Morgan fingerprint density at radius 2 is 0.914 bits per heavy atom. The van der Waals surface area contributed by atoms with Gasteiger partial charge in [-0.05, 0) is 44.9 Å². The number of rotatable bonds is 26. The van der Waals surface area contributed by atoms with Crippen LogP contribution in [0.2, 0.25) is 0 Å². The van der Waals surface area contributed by atoms with E-state index in [1.54, 1.807) is 0 Å². The third-order valence-corrected chi connectivity index (χ3v) is 6.60. The molecule has 0 aliphatic rings. The summed E-state index contributed by atoms with van der Waals surface area (Å²) < 4.78 is 11.9. The molecule has 0 fully saturated rings. The Balaban J connectivity index is 5.02. The molecule has 0 spiro atoms. The highest BCUT2D eigenvalue weighted by atomic mass is 16.6. The van der Waals surface area contributed by atoms with Gasteiger partial charge in [0.15, 0.2) is 0 Å². The lowest BCUT2D eigenvalue weighted by atomic mass is 9.99. The quantitative estimate of drug-likeness (QED) is 0.0680. The predicted molar refractivity (Wildman–Crippen MR) is 144 cm³/mol. The van der Waals surface area contributed by atoms with E-state index in [0.29, 0.717) is 19.3 Å². The monoisotopic (exact) mass is 496 g/mol. The smallest absolute Gasteiger partial charge is 0.306 e. The van der Waals surface area contributed by atoms with E-state index in [2.05, 4.69) is 20.8 Å². The van der Waals surface area contributed by atoms with E-state index in [4.69, 9.17) is 9.47 Å². The fourth-order valence-corrected chi connectivity index (χ4v) is 4.36. The van der Waals surface area contributed by atoms with Crippen LogP contribution in [0.4, 0.5) is 0 Å². The van der Waals surface area contributed by atoms with Crippen LogP contribution in [0.25, 0.3) is 0 Å². The normalized spacial score (nSPS) is 12.8. The van der Waals surface area contributed by atoms with Crippen LogP contribution in [0.15, 0.2) is 0 Å². The highest BCUT2D eigenvalue weighted by Gasteiger charge is 2.28. The summed E-state index contributed by atoms with van der Waals surface area (Å²) in [5, 5.41) is 0. The zero-order valence-electron chi connectivity index (χ0n) is 23.3. The molecule has 0 bridgehead atoms.